The fraction of sp³-hybridized carbons (Fsp3) is 0.222. The lowest BCUT2D eigenvalue weighted by Crippen LogP contribution is -2.20. The van der Waals surface area contributed by atoms with Crippen LogP contribution in [0.1, 0.15) is 11.4 Å². The predicted molar refractivity (Wildman–Crippen MR) is 105 cm³/mol. The molecule has 0 saturated carbocycles. The maximum atomic E-state index is 12.7. The minimum Gasteiger partial charge on any atom is -0.394 e. The number of benzene rings is 1. The van der Waals surface area contributed by atoms with Crippen molar-refractivity contribution in [2.24, 2.45) is 0 Å². The third-order valence-corrected chi connectivity index (χ3v) is 4.99. The van der Waals surface area contributed by atoms with Crippen molar-refractivity contribution >= 4 is 45.7 Å². The van der Waals surface area contributed by atoms with E-state index < -0.39 is 24.7 Å². The molecular formula is C18H15Cl3N2O4. The van der Waals surface area contributed by atoms with E-state index in [1.807, 2.05) is 0 Å². The van der Waals surface area contributed by atoms with Gasteiger partial charge in [0.05, 0.1) is 62.4 Å². The molecule has 0 aliphatic carbocycles. The Morgan fingerprint density at radius 2 is 1.78 bits per heavy atom. The smallest absolute Gasteiger partial charge is 0.191 e. The van der Waals surface area contributed by atoms with Gasteiger partial charge in [-0.25, -0.2) is 0 Å². The molecule has 0 radical (unpaired) electrons. The number of pyridine rings is 2. The first-order chi connectivity index (χ1) is 12.9. The van der Waals surface area contributed by atoms with E-state index in [0.717, 1.165) is 0 Å². The summed E-state index contributed by atoms with van der Waals surface area (Å²) in [7, 11) is 0. The first-order valence-electron chi connectivity index (χ1n) is 7.95. The summed E-state index contributed by atoms with van der Waals surface area (Å²) in [4.78, 5) is 16.9. The Bertz CT molecular complexity index is 1050. The van der Waals surface area contributed by atoms with Crippen LogP contribution in [0.15, 0.2) is 35.3 Å². The summed E-state index contributed by atoms with van der Waals surface area (Å²) in [6.45, 7) is -0.939. The van der Waals surface area contributed by atoms with Crippen molar-refractivity contribution in [1.29, 1.82) is 0 Å². The van der Waals surface area contributed by atoms with Crippen LogP contribution < -0.4 is 5.43 Å². The minimum absolute atomic E-state index is 0.0475. The zero-order valence-corrected chi connectivity index (χ0v) is 16.1. The Morgan fingerprint density at radius 1 is 1.11 bits per heavy atom. The number of aliphatic hydroxyl groups excluding tert-OH is 3. The Kier molecular flexibility index (Phi) is 6.05. The normalized spacial score (nSPS) is 12.5. The molecule has 0 bridgehead atoms. The van der Waals surface area contributed by atoms with Crippen LogP contribution in [0.2, 0.25) is 15.1 Å². The van der Waals surface area contributed by atoms with Gasteiger partial charge in [-0.15, -0.1) is 0 Å². The van der Waals surface area contributed by atoms with Crippen molar-refractivity contribution in [2.75, 3.05) is 6.61 Å². The van der Waals surface area contributed by atoms with E-state index in [9.17, 15) is 15.0 Å². The average molecular weight is 430 g/mol. The van der Waals surface area contributed by atoms with E-state index in [0.29, 0.717) is 15.7 Å². The van der Waals surface area contributed by atoms with Crippen LogP contribution in [0.5, 0.6) is 0 Å². The van der Waals surface area contributed by atoms with E-state index in [1.165, 1.54) is 16.8 Å². The van der Waals surface area contributed by atoms with Crippen LogP contribution in [0.3, 0.4) is 0 Å². The molecule has 9 heteroatoms. The number of halogens is 3. The van der Waals surface area contributed by atoms with Gasteiger partial charge in [-0.3, -0.25) is 9.78 Å². The summed E-state index contributed by atoms with van der Waals surface area (Å²) >= 11 is 19.0. The molecule has 0 amide bonds. The van der Waals surface area contributed by atoms with Crippen LogP contribution >= 0.6 is 34.8 Å². The second kappa shape index (κ2) is 8.14. The molecule has 1 atom stereocenters. The lowest BCUT2D eigenvalue weighted by Gasteiger charge is -2.20. The highest BCUT2D eigenvalue weighted by atomic mass is 35.5. The molecule has 0 aliphatic rings. The first kappa shape index (κ1) is 20.1. The number of para-hydroxylation sites is 1. The molecule has 3 N–H and O–H groups in total. The molecule has 27 heavy (non-hydrogen) atoms. The quantitative estimate of drug-likeness (QED) is 0.580. The summed E-state index contributed by atoms with van der Waals surface area (Å²) in [5.74, 6) is 0. The van der Waals surface area contributed by atoms with Crippen molar-refractivity contribution in [3.63, 3.8) is 0 Å². The Hall–Kier alpha value is -1.67. The number of hydrogen-bond acceptors (Lipinski definition) is 5. The van der Waals surface area contributed by atoms with Crippen LogP contribution in [0, 0.1) is 0 Å². The molecule has 2 aromatic heterocycles. The van der Waals surface area contributed by atoms with Crippen LogP contribution in [-0.4, -0.2) is 37.6 Å². The first-order valence-corrected chi connectivity index (χ1v) is 9.08. The van der Waals surface area contributed by atoms with E-state index in [1.54, 1.807) is 18.2 Å². The number of aliphatic hydroxyl groups is 3. The molecule has 1 aromatic carbocycles. The van der Waals surface area contributed by atoms with Gasteiger partial charge < -0.3 is 19.9 Å². The van der Waals surface area contributed by atoms with Crippen LogP contribution in [-0.2, 0) is 13.0 Å². The third-order valence-electron chi connectivity index (χ3n) is 4.10. The second-order valence-corrected chi connectivity index (χ2v) is 7.10. The minimum atomic E-state index is -1.09. The molecule has 0 unspecified atom stereocenters. The Morgan fingerprint density at radius 3 is 2.37 bits per heavy atom. The van der Waals surface area contributed by atoms with Crippen LogP contribution in [0.25, 0.3) is 16.6 Å². The van der Waals surface area contributed by atoms with E-state index in [-0.39, 0.29) is 33.7 Å². The fourth-order valence-electron chi connectivity index (χ4n) is 2.94. The molecule has 3 aromatic rings. The molecule has 6 nitrogen and oxygen atoms in total. The molecule has 2 heterocycles. The summed E-state index contributed by atoms with van der Waals surface area (Å²) in [6.07, 6.45) is 0.204. The number of fused-ring (bicyclic) bond motifs is 1. The third kappa shape index (κ3) is 3.69. The standard InChI is InChI=1S/C18H15Cl3N2O4/c19-11-2-1-3-12(20)17(11)23-9(7-24)4-15(27)16-14(5-10(26)8-25)22-6-13(21)18(16)23/h1-4,6,10,24-26H,5,7-8H2/t10-/m0/s1. The maximum Gasteiger partial charge on any atom is 0.191 e. The fourth-order valence-corrected chi connectivity index (χ4v) is 3.74. The Balaban J connectivity index is 2.48. The summed E-state index contributed by atoms with van der Waals surface area (Å²) in [6, 6.07) is 6.16. The zero-order valence-electron chi connectivity index (χ0n) is 13.9. The largest absolute Gasteiger partial charge is 0.394 e. The van der Waals surface area contributed by atoms with Crippen molar-refractivity contribution in [3.8, 4) is 5.69 Å². The topological polar surface area (TPSA) is 95.6 Å². The van der Waals surface area contributed by atoms with Gasteiger partial charge in [-0.2, -0.15) is 0 Å². The molecule has 0 saturated heterocycles. The van der Waals surface area contributed by atoms with Gasteiger partial charge in [0.1, 0.15) is 0 Å². The summed E-state index contributed by atoms with van der Waals surface area (Å²) in [5.41, 5.74) is 0.699. The van der Waals surface area contributed by atoms with Crippen LogP contribution in [0.4, 0.5) is 0 Å². The van der Waals surface area contributed by atoms with Gasteiger partial charge in [-0.1, -0.05) is 40.9 Å². The van der Waals surface area contributed by atoms with E-state index >= 15 is 0 Å². The van der Waals surface area contributed by atoms with Gasteiger partial charge in [0.2, 0.25) is 0 Å². The van der Waals surface area contributed by atoms with Crippen molar-refractivity contribution < 1.29 is 15.3 Å². The van der Waals surface area contributed by atoms with Crippen molar-refractivity contribution in [3.05, 3.63) is 67.1 Å². The highest BCUT2D eigenvalue weighted by Gasteiger charge is 2.21. The monoisotopic (exact) mass is 428 g/mol. The lowest BCUT2D eigenvalue weighted by atomic mass is 10.1. The number of rotatable bonds is 5. The molecule has 0 fully saturated rings. The molecular weight excluding hydrogens is 415 g/mol. The van der Waals surface area contributed by atoms with E-state index in [4.69, 9.17) is 39.9 Å². The zero-order chi connectivity index (χ0) is 19.7. The van der Waals surface area contributed by atoms with Crippen molar-refractivity contribution in [2.45, 2.75) is 19.1 Å². The highest BCUT2D eigenvalue weighted by molar-refractivity contribution is 6.38. The van der Waals surface area contributed by atoms with Gasteiger partial charge in [-0.05, 0) is 12.1 Å². The van der Waals surface area contributed by atoms with Gasteiger partial charge in [0.25, 0.3) is 0 Å². The second-order valence-electron chi connectivity index (χ2n) is 5.88. The summed E-state index contributed by atoms with van der Waals surface area (Å²) < 4.78 is 1.51. The average Bonchev–Trinajstić information content (AvgIpc) is 2.64. The number of nitrogens with zero attached hydrogens (tertiary/aromatic N) is 2. The maximum absolute atomic E-state index is 12.7. The van der Waals surface area contributed by atoms with Gasteiger partial charge in [0.15, 0.2) is 5.43 Å². The Labute approximate surface area is 169 Å². The molecule has 0 aliphatic heterocycles. The van der Waals surface area contributed by atoms with Gasteiger partial charge in [0, 0.05) is 18.7 Å². The lowest BCUT2D eigenvalue weighted by molar-refractivity contribution is 0.0950. The van der Waals surface area contributed by atoms with E-state index in [2.05, 4.69) is 4.98 Å². The van der Waals surface area contributed by atoms with Gasteiger partial charge >= 0.3 is 0 Å². The number of hydrogen-bond donors (Lipinski definition) is 3. The highest BCUT2D eigenvalue weighted by Crippen LogP contribution is 2.34. The van der Waals surface area contributed by atoms with Crippen molar-refractivity contribution in [1.82, 2.24) is 9.55 Å². The predicted octanol–water partition coefficient (Wildman–Crippen LogP) is 2.73. The SMILES string of the molecule is O=c1cc(CO)n(-c2c(Cl)cccc2Cl)c2c(Cl)cnc(C[C@H](O)CO)c12. The summed E-state index contributed by atoms with van der Waals surface area (Å²) in [5, 5.41) is 29.6. The molecule has 0 spiro atoms. The molecule has 3 rings (SSSR count). The number of aromatic nitrogens is 2. The molecule has 142 valence electrons.